The number of ketones is 1. The van der Waals surface area contributed by atoms with Gasteiger partial charge in [-0.1, -0.05) is 0 Å². The molecule has 76 valence electrons. The van der Waals surface area contributed by atoms with E-state index in [-0.39, 0.29) is 6.61 Å². The molecule has 13 heavy (non-hydrogen) atoms. The third kappa shape index (κ3) is 2.47. The fourth-order valence-electron chi connectivity index (χ4n) is 1.17. The van der Waals surface area contributed by atoms with Crippen LogP contribution in [0.4, 0.5) is 0 Å². The lowest BCUT2D eigenvalue weighted by molar-refractivity contribution is -0.158. The van der Waals surface area contributed by atoms with Crippen LogP contribution in [0.5, 0.6) is 0 Å². The average molecular weight is 190 g/mol. The van der Waals surface area contributed by atoms with Crippen LogP contribution in [0.25, 0.3) is 0 Å². The summed E-state index contributed by atoms with van der Waals surface area (Å²) in [5.74, 6) is -1.41. The molecule has 0 amide bonds. The van der Waals surface area contributed by atoms with Crippen molar-refractivity contribution in [3.05, 3.63) is 0 Å². The third-order valence-corrected chi connectivity index (χ3v) is 1.87. The van der Waals surface area contributed by atoms with Crippen molar-refractivity contribution in [1.82, 2.24) is 0 Å². The second-order valence-electron chi connectivity index (χ2n) is 3.44. The molecule has 0 saturated carbocycles. The molecule has 0 aromatic rings. The first kappa shape index (κ1) is 10.6. The summed E-state index contributed by atoms with van der Waals surface area (Å²) >= 11 is 0. The summed E-state index contributed by atoms with van der Waals surface area (Å²) < 4.78 is 10.4. The first-order chi connectivity index (χ1) is 5.96. The van der Waals surface area contributed by atoms with Crippen molar-refractivity contribution in [2.75, 3.05) is 13.2 Å². The summed E-state index contributed by atoms with van der Waals surface area (Å²) in [5.41, 5.74) is 0. The van der Waals surface area contributed by atoms with Crippen molar-refractivity contribution >= 4 is 5.78 Å². The molecule has 0 radical (unpaired) electrons. The molecule has 0 aromatic carbocycles. The fourth-order valence-corrected chi connectivity index (χ4v) is 1.17. The van der Waals surface area contributed by atoms with Crippen molar-refractivity contribution < 1.29 is 24.5 Å². The van der Waals surface area contributed by atoms with Crippen molar-refractivity contribution in [2.24, 2.45) is 0 Å². The molecule has 1 aliphatic rings. The quantitative estimate of drug-likeness (QED) is 0.600. The van der Waals surface area contributed by atoms with Crippen LogP contribution in [-0.2, 0) is 14.3 Å². The lowest BCUT2D eigenvalue weighted by Gasteiger charge is -2.19. The van der Waals surface area contributed by atoms with Gasteiger partial charge in [0.15, 0.2) is 11.6 Å². The topological polar surface area (TPSA) is 76.0 Å². The van der Waals surface area contributed by atoms with E-state index in [2.05, 4.69) is 0 Å². The van der Waals surface area contributed by atoms with Gasteiger partial charge in [-0.05, 0) is 13.8 Å². The minimum absolute atomic E-state index is 0.167. The molecule has 1 aliphatic heterocycles. The monoisotopic (exact) mass is 190 g/mol. The molecule has 1 fully saturated rings. The van der Waals surface area contributed by atoms with Gasteiger partial charge in [0, 0.05) is 0 Å². The second kappa shape index (κ2) is 3.71. The van der Waals surface area contributed by atoms with E-state index in [0.717, 1.165) is 0 Å². The summed E-state index contributed by atoms with van der Waals surface area (Å²) in [7, 11) is 0. The van der Waals surface area contributed by atoms with Crippen molar-refractivity contribution in [1.29, 1.82) is 0 Å². The molecule has 0 aromatic heterocycles. The molecule has 5 nitrogen and oxygen atoms in total. The fraction of sp³-hybridized carbons (Fsp3) is 0.875. The molecule has 2 unspecified atom stereocenters. The number of rotatable bonds is 3. The van der Waals surface area contributed by atoms with Crippen molar-refractivity contribution in [3.8, 4) is 0 Å². The van der Waals surface area contributed by atoms with E-state index in [1.54, 1.807) is 13.8 Å². The number of carbonyl (C=O) groups is 1. The minimum Gasteiger partial charge on any atom is -0.388 e. The molecule has 2 N–H and O–H groups in total. The summed E-state index contributed by atoms with van der Waals surface area (Å²) in [6, 6.07) is 0. The molecule has 0 spiro atoms. The van der Waals surface area contributed by atoms with E-state index >= 15 is 0 Å². The number of aliphatic hydroxyl groups excluding tert-OH is 2. The minimum atomic E-state index is -1.30. The third-order valence-electron chi connectivity index (χ3n) is 1.87. The Morgan fingerprint density at radius 3 is 2.69 bits per heavy atom. The maximum atomic E-state index is 10.9. The number of hydrogen-bond acceptors (Lipinski definition) is 5. The van der Waals surface area contributed by atoms with Crippen LogP contribution in [0.3, 0.4) is 0 Å². The smallest absolute Gasteiger partial charge is 0.189 e. The summed E-state index contributed by atoms with van der Waals surface area (Å²) in [6.45, 7) is 2.88. The Morgan fingerprint density at radius 1 is 1.69 bits per heavy atom. The average Bonchev–Trinajstić information content (AvgIpc) is 2.43. The van der Waals surface area contributed by atoms with Crippen LogP contribution in [0.2, 0.25) is 0 Å². The summed E-state index contributed by atoms with van der Waals surface area (Å²) in [6.07, 6.45) is -1.97. The maximum absolute atomic E-state index is 10.9. The first-order valence-electron chi connectivity index (χ1n) is 4.09. The molecule has 1 saturated heterocycles. The van der Waals surface area contributed by atoms with Gasteiger partial charge >= 0.3 is 0 Å². The van der Waals surface area contributed by atoms with E-state index < -0.39 is 30.4 Å². The van der Waals surface area contributed by atoms with Crippen LogP contribution in [0.15, 0.2) is 0 Å². The van der Waals surface area contributed by atoms with Gasteiger partial charge in [0.2, 0.25) is 0 Å². The van der Waals surface area contributed by atoms with Crippen LogP contribution in [-0.4, -0.2) is 47.2 Å². The number of aliphatic hydroxyl groups is 2. The number of Topliss-reactive ketones (excluding diaryl/α,β-unsaturated/α-hetero) is 1. The zero-order valence-electron chi connectivity index (χ0n) is 7.69. The van der Waals surface area contributed by atoms with Crippen molar-refractivity contribution in [3.63, 3.8) is 0 Å². The molecular formula is C8H14O5. The highest BCUT2D eigenvalue weighted by molar-refractivity contribution is 5.84. The SMILES string of the molecule is CC1(C)OCC(C(O)C(=O)CO)O1. The van der Waals surface area contributed by atoms with Crippen LogP contribution < -0.4 is 0 Å². The van der Waals surface area contributed by atoms with Gasteiger partial charge in [0.05, 0.1) is 6.61 Å². The van der Waals surface area contributed by atoms with E-state index in [1.165, 1.54) is 0 Å². The molecule has 1 rings (SSSR count). The number of carbonyl (C=O) groups excluding carboxylic acids is 1. The highest BCUT2D eigenvalue weighted by Crippen LogP contribution is 2.24. The standard InChI is InChI=1S/C8H14O5/c1-8(2)12-4-6(13-8)7(11)5(10)3-9/h6-7,9,11H,3-4H2,1-2H3. The van der Waals surface area contributed by atoms with E-state index in [1.807, 2.05) is 0 Å². The Kier molecular flexibility index (Phi) is 3.02. The lowest BCUT2D eigenvalue weighted by Crippen LogP contribution is -2.38. The zero-order valence-corrected chi connectivity index (χ0v) is 7.69. The summed E-state index contributed by atoms with van der Waals surface area (Å²) in [5, 5.41) is 17.8. The van der Waals surface area contributed by atoms with Gasteiger partial charge in [-0.2, -0.15) is 0 Å². The Morgan fingerprint density at radius 2 is 2.31 bits per heavy atom. The molecule has 1 heterocycles. The van der Waals surface area contributed by atoms with Gasteiger partial charge in [0.1, 0.15) is 18.8 Å². The summed E-state index contributed by atoms with van der Waals surface area (Å²) in [4.78, 5) is 10.9. The Hall–Kier alpha value is -0.490. The van der Waals surface area contributed by atoms with Gasteiger partial charge in [-0.3, -0.25) is 4.79 Å². The molecule has 0 bridgehead atoms. The predicted molar refractivity (Wildman–Crippen MR) is 43.0 cm³/mol. The normalized spacial score (nSPS) is 28.8. The lowest BCUT2D eigenvalue weighted by atomic mass is 10.1. The number of hydrogen-bond donors (Lipinski definition) is 2. The Bertz CT molecular complexity index is 201. The highest BCUT2D eigenvalue weighted by Gasteiger charge is 2.39. The Balaban J connectivity index is 2.51. The molecule has 0 aliphatic carbocycles. The second-order valence-corrected chi connectivity index (χ2v) is 3.44. The highest BCUT2D eigenvalue weighted by atomic mass is 16.7. The number of ether oxygens (including phenoxy) is 2. The first-order valence-corrected chi connectivity index (χ1v) is 4.09. The van der Waals surface area contributed by atoms with Crippen LogP contribution >= 0.6 is 0 Å². The van der Waals surface area contributed by atoms with Gasteiger partial charge in [-0.15, -0.1) is 0 Å². The van der Waals surface area contributed by atoms with Gasteiger partial charge in [-0.25, -0.2) is 0 Å². The zero-order chi connectivity index (χ0) is 10.1. The van der Waals surface area contributed by atoms with Crippen LogP contribution in [0, 0.1) is 0 Å². The largest absolute Gasteiger partial charge is 0.388 e. The Labute approximate surface area is 76.3 Å². The van der Waals surface area contributed by atoms with E-state index in [0.29, 0.717) is 0 Å². The molecule has 2 atom stereocenters. The predicted octanol–water partition coefficient (Wildman–Crippen LogP) is -0.940. The molecule has 5 heteroatoms. The van der Waals surface area contributed by atoms with Crippen LogP contribution in [0.1, 0.15) is 13.8 Å². The van der Waals surface area contributed by atoms with E-state index in [9.17, 15) is 9.90 Å². The van der Waals surface area contributed by atoms with Gasteiger partial charge < -0.3 is 19.7 Å². The molecular weight excluding hydrogens is 176 g/mol. The van der Waals surface area contributed by atoms with E-state index in [4.69, 9.17) is 14.6 Å². The van der Waals surface area contributed by atoms with Crippen molar-refractivity contribution in [2.45, 2.75) is 31.8 Å². The maximum Gasteiger partial charge on any atom is 0.189 e. The van der Waals surface area contributed by atoms with Gasteiger partial charge in [0.25, 0.3) is 0 Å².